The Kier molecular flexibility index (Phi) is 6.87. The van der Waals surface area contributed by atoms with Crippen LogP contribution in [0, 0.1) is 0 Å². The summed E-state index contributed by atoms with van der Waals surface area (Å²) in [4.78, 5) is 16.8. The maximum atomic E-state index is 12.3. The molecule has 0 saturated carbocycles. The van der Waals surface area contributed by atoms with Gasteiger partial charge in [-0.1, -0.05) is 56.7 Å². The Labute approximate surface area is 169 Å². The SMILES string of the molecule is CCCCOc1ccc2nc(NC(=O)COc3ccccc3C(C)C)sc2c1. The summed E-state index contributed by atoms with van der Waals surface area (Å²) in [5.41, 5.74) is 1.93. The zero-order valence-corrected chi connectivity index (χ0v) is 17.3. The molecule has 3 rings (SSSR count). The Bertz CT molecular complexity index is 936. The Balaban J connectivity index is 1.60. The number of carbonyl (C=O) groups is 1. The number of rotatable bonds is 9. The van der Waals surface area contributed by atoms with Crippen molar-refractivity contribution in [3.05, 3.63) is 48.0 Å². The van der Waals surface area contributed by atoms with Crippen LogP contribution in [0.2, 0.25) is 0 Å². The molecule has 0 radical (unpaired) electrons. The van der Waals surface area contributed by atoms with Crippen molar-refractivity contribution in [3.63, 3.8) is 0 Å². The molecule has 6 heteroatoms. The second kappa shape index (κ2) is 9.55. The first-order valence-corrected chi connectivity index (χ1v) is 10.4. The van der Waals surface area contributed by atoms with Gasteiger partial charge in [0, 0.05) is 0 Å². The Morgan fingerprint density at radius 2 is 2.00 bits per heavy atom. The fraction of sp³-hybridized carbons (Fsp3) is 0.364. The van der Waals surface area contributed by atoms with E-state index in [2.05, 4.69) is 31.1 Å². The number of ether oxygens (including phenoxy) is 2. The highest BCUT2D eigenvalue weighted by Gasteiger charge is 2.12. The molecule has 0 aliphatic rings. The smallest absolute Gasteiger partial charge is 0.264 e. The van der Waals surface area contributed by atoms with Gasteiger partial charge in [-0.05, 0) is 42.2 Å². The molecule has 0 fully saturated rings. The predicted octanol–water partition coefficient (Wildman–Crippen LogP) is 5.62. The molecule has 1 aromatic heterocycles. The minimum Gasteiger partial charge on any atom is -0.494 e. The lowest BCUT2D eigenvalue weighted by atomic mass is 10.0. The zero-order valence-electron chi connectivity index (χ0n) is 16.5. The maximum Gasteiger partial charge on any atom is 0.264 e. The normalized spacial score (nSPS) is 11.0. The van der Waals surface area contributed by atoms with Gasteiger partial charge in [-0.15, -0.1) is 0 Å². The van der Waals surface area contributed by atoms with Crippen LogP contribution in [-0.2, 0) is 4.79 Å². The van der Waals surface area contributed by atoms with Gasteiger partial charge in [0.05, 0.1) is 16.8 Å². The van der Waals surface area contributed by atoms with E-state index in [1.54, 1.807) is 0 Å². The van der Waals surface area contributed by atoms with Crippen molar-refractivity contribution in [2.75, 3.05) is 18.5 Å². The van der Waals surface area contributed by atoms with Crippen LogP contribution >= 0.6 is 11.3 Å². The number of anilines is 1. The van der Waals surface area contributed by atoms with Gasteiger partial charge in [-0.25, -0.2) is 4.98 Å². The molecule has 0 aliphatic carbocycles. The molecule has 0 spiro atoms. The third-order valence-corrected chi connectivity index (χ3v) is 5.21. The summed E-state index contributed by atoms with van der Waals surface area (Å²) in [6, 6.07) is 13.6. The second-order valence-electron chi connectivity index (χ2n) is 6.88. The number of thiazole rings is 1. The number of benzene rings is 2. The molecule has 0 aliphatic heterocycles. The summed E-state index contributed by atoms with van der Waals surface area (Å²) in [6.45, 7) is 6.99. The average molecular weight is 399 g/mol. The van der Waals surface area contributed by atoms with E-state index in [1.807, 2.05) is 42.5 Å². The number of aromatic nitrogens is 1. The van der Waals surface area contributed by atoms with E-state index in [9.17, 15) is 4.79 Å². The first-order valence-electron chi connectivity index (χ1n) is 9.61. The molecule has 148 valence electrons. The van der Waals surface area contributed by atoms with Crippen molar-refractivity contribution in [2.24, 2.45) is 0 Å². The van der Waals surface area contributed by atoms with E-state index >= 15 is 0 Å². The Hall–Kier alpha value is -2.60. The van der Waals surface area contributed by atoms with Crippen LogP contribution in [0.1, 0.15) is 45.1 Å². The third-order valence-electron chi connectivity index (χ3n) is 4.27. The molecule has 1 N–H and O–H groups in total. The topological polar surface area (TPSA) is 60.5 Å². The van der Waals surface area contributed by atoms with Crippen LogP contribution in [-0.4, -0.2) is 24.1 Å². The first-order chi connectivity index (χ1) is 13.6. The largest absolute Gasteiger partial charge is 0.494 e. The number of nitrogens with zero attached hydrogens (tertiary/aromatic N) is 1. The van der Waals surface area contributed by atoms with Crippen LogP contribution in [0.3, 0.4) is 0 Å². The zero-order chi connectivity index (χ0) is 19.9. The average Bonchev–Trinajstić information content (AvgIpc) is 3.08. The van der Waals surface area contributed by atoms with E-state index in [0.717, 1.165) is 40.1 Å². The minimum atomic E-state index is -0.225. The van der Waals surface area contributed by atoms with Crippen molar-refractivity contribution in [1.29, 1.82) is 0 Å². The van der Waals surface area contributed by atoms with Crippen LogP contribution in [0.25, 0.3) is 10.2 Å². The molecule has 0 atom stereocenters. The van der Waals surface area contributed by atoms with Crippen molar-refractivity contribution >= 4 is 32.6 Å². The lowest BCUT2D eigenvalue weighted by molar-refractivity contribution is -0.118. The predicted molar refractivity (Wildman–Crippen MR) is 115 cm³/mol. The molecular formula is C22H26N2O3S. The van der Waals surface area contributed by atoms with E-state index in [-0.39, 0.29) is 12.5 Å². The minimum absolute atomic E-state index is 0.0506. The second-order valence-corrected chi connectivity index (χ2v) is 7.91. The van der Waals surface area contributed by atoms with E-state index in [4.69, 9.17) is 9.47 Å². The standard InChI is InChI=1S/C22H26N2O3S/c1-4-5-12-26-16-10-11-18-20(13-16)28-22(23-18)24-21(25)14-27-19-9-7-6-8-17(19)15(2)3/h6-11,13,15H,4-5,12,14H2,1-3H3,(H,23,24,25). The fourth-order valence-corrected chi connectivity index (χ4v) is 3.68. The molecule has 2 aromatic carbocycles. The van der Waals surface area contributed by atoms with E-state index < -0.39 is 0 Å². The quantitative estimate of drug-likeness (QED) is 0.476. The number of amides is 1. The third kappa shape index (κ3) is 5.23. The molecule has 28 heavy (non-hydrogen) atoms. The molecule has 5 nitrogen and oxygen atoms in total. The lowest BCUT2D eigenvalue weighted by Gasteiger charge is -2.13. The number of unbranched alkanes of at least 4 members (excludes halogenated alkanes) is 1. The highest BCUT2D eigenvalue weighted by molar-refractivity contribution is 7.22. The van der Waals surface area contributed by atoms with Crippen molar-refractivity contribution in [3.8, 4) is 11.5 Å². The van der Waals surface area contributed by atoms with Crippen LogP contribution in [0.4, 0.5) is 5.13 Å². The van der Waals surface area contributed by atoms with Gasteiger partial charge in [0.1, 0.15) is 11.5 Å². The number of hydrogen-bond donors (Lipinski definition) is 1. The summed E-state index contributed by atoms with van der Waals surface area (Å²) < 4.78 is 12.4. The Morgan fingerprint density at radius 3 is 2.79 bits per heavy atom. The van der Waals surface area contributed by atoms with Gasteiger partial charge in [0.15, 0.2) is 11.7 Å². The van der Waals surface area contributed by atoms with Crippen LogP contribution in [0.15, 0.2) is 42.5 Å². The molecule has 1 heterocycles. The highest BCUT2D eigenvalue weighted by atomic mass is 32.1. The number of fused-ring (bicyclic) bond motifs is 1. The van der Waals surface area contributed by atoms with Gasteiger partial charge in [0.25, 0.3) is 5.91 Å². The molecular weight excluding hydrogens is 372 g/mol. The van der Waals surface area contributed by atoms with Crippen LogP contribution < -0.4 is 14.8 Å². The highest BCUT2D eigenvalue weighted by Crippen LogP contribution is 2.30. The first kappa shape index (κ1) is 20.1. The molecule has 0 bridgehead atoms. The molecule has 1 amide bonds. The number of carbonyl (C=O) groups excluding carboxylic acids is 1. The van der Waals surface area contributed by atoms with Gasteiger partial charge in [-0.3, -0.25) is 10.1 Å². The summed E-state index contributed by atoms with van der Waals surface area (Å²) in [5, 5.41) is 3.39. The summed E-state index contributed by atoms with van der Waals surface area (Å²) in [5.74, 6) is 1.68. The molecule has 0 saturated heterocycles. The summed E-state index contributed by atoms with van der Waals surface area (Å²) >= 11 is 1.43. The summed E-state index contributed by atoms with van der Waals surface area (Å²) in [7, 11) is 0. The number of nitrogens with one attached hydrogen (secondary N) is 1. The Morgan fingerprint density at radius 1 is 1.18 bits per heavy atom. The van der Waals surface area contributed by atoms with Crippen molar-refractivity contribution < 1.29 is 14.3 Å². The van der Waals surface area contributed by atoms with Gasteiger partial charge >= 0.3 is 0 Å². The number of para-hydroxylation sites is 1. The lowest BCUT2D eigenvalue weighted by Crippen LogP contribution is -2.20. The summed E-state index contributed by atoms with van der Waals surface area (Å²) in [6.07, 6.45) is 2.13. The maximum absolute atomic E-state index is 12.3. The van der Waals surface area contributed by atoms with Crippen molar-refractivity contribution in [1.82, 2.24) is 4.98 Å². The molecule has 3 aromatic rings. The monoisotopic (exact) mass is 398 g/mol. The van der Waals surface area contributed by atoms with Crippen LogP contribution in [0.5, 0.6) is 11.5 Å². The van der Waals surface area contributed by atoms with Gasteiger partial charge < -0.3 is 9.47 Å². The van der Waals surface area contributed by atoms with Crippen molar-refractivity contribution in [2.45, 2.75) is 39.5 Å². The molecule has 0 unspecified atom stereocenters. The van der Waals surface area contributed by atoms with Gasteiger partial charge in [0.2, 0.25) is 0 Å². The van der Waals surface area contributed by atoms with E-state index in [1.165, 1.54) is 11.3 Å². The van der Waals surface area contributed by atoms with Gasteiger partial charge in [-0.2, -0.15) is 0 Å². The fourth-order valence-electron chi connectivity index (χ4n) is 2.77. The van der Waals surface area contributed by atoms with E-state index in [0.29, 0.717) is 17.7 Å². The number of hydrogen-bond acceptors (Lipinski definition) is 5.